The normalized spacial score (nSPS) is 10.7. The van der Waals surface area contributed by atoms with Crippen LogP contribution in [0, 0.1) is 0 Å². The molecule has 0 aliphatic heterocycles. The first-order valence-corrected chi connectivity index (χ1v) is 7.36. The lowest BCUT2D eigenvalue weighted by Crippen LogP contribution is -2.36. The lowest BCUT2D eigenvalue weighted by Gasteiger charge is -2.19. The molecular weight excluding hydrogens is 304 g/mol. The van der Waals surface area contributed by atoms with Gasteiger partial charge in [-0.1, -0.05) is 11.6 Å². The van der Waals surface area contributed by atoms with Crippen molar-refractivity contribution in [3.63, 3.8) is 0 Å². The van der Waals surface area contributed by atoms with E-state index in [1.807, 2.05) is 13.1 Å². The number of benzene rings is 1. The van der Waals surface area contributed by atoms with Crippen LogP contribution >= 0.6 is 11.6 Å². The molecule has 0 saturated heterocycles. The molecule has 2 aromatic rings. The summed E-state index contributed by atoms with van der Waals surface area (Å²) in [6.45, 7) is 1.45. The van der Waals surface area contributed by atoms with Crippen LogP contribution in [0.15, 0.2) is 24.5 Å². The Kier molecular flexibility index (Phi) is 5.91. The van der Waals surface area contributed by atoms with Crippen molar-refractivity contribution in [1.82, 2.24) is 15.3 Å². The number of carbonyl (C=O) groups excluding carboxylic acids is 1. The van der Waals surface area contributed by atoms with Gasteiger partial charge >= 0.3 is 0 Å². The van der Waals surface area contributed by atoms with Gasteiger partial charge in [-0.25, -0.2) is 9.97 Å². The largest absolute Gasteiger partial charge is 0.385 e. The maximum atomic E-state index is 11.9. The van der Waals surface area contributed by atoms with Crippen molar-refractivity contribution in [2.45, 2.75) is 6.42 Å². The maximum absolute atomic E-state index is 11.9. The highest BCUT2D eigenvalue weighted by Gasteiger charge is 2.12. The lowest BCUT2D eigenvalue weighted by molar-refractivity contribution is -0.119. The van der Waals surface area contributed by atoms with E-state index < -0.39 is 0 Å². The summed E-state index contributed by atoms with van der Waals surface area (Å²) in [4.78, 5) is 22.2. The number of halogens is 1. The number of aromatic nitrogens is 2. The highest BCUT2D eigenvalue weighted by molar-refractivity contribution is 6.31. The number of hydrogen-bond donors (Lipinski definition) is 1. The summed E-state index contributed by atoms with van der Waals surface area (Å²) in [5.74, 6) is 0.646. The molecule has 22 heavy (non-hydrogen) atoms. The third-order valence-corrected chi connectivity index (χ3v) is 3.40. The number of rotatable bonds is 7. The lowest BCUT2D eigenvalue weighted by atomic mass is 10.2. The van der Waals surface area contributed by atoms with Crippen LogP contribution in [0.1, 0.15) is 6.42 Å². The van der Waals surface area contributed by atoms with Crippen LogP contribution in [-0.4, -0.2) is 49.7 Å². The Balaban J connectivity index is 2.03. The van der Waals surface area contributed by atoms with Gasteiger partial charge in [0.05, 0.1) is 12.1 Å². The number of amides is 1. The highest BCUT2D eigenvalue weighted by atomic mass is 35.5. The van der Waals surface area contributed by atoms with Crippen LogP contribution in [0.2, 0.25) is 5.02 Å². The molecule has 0 saturated carbocycles. The Hall–Kier alpha value is -1.92. The highest BCUT2D eigenvalue weighted by Crippen LogP contribution is 2.24. The Morgan fingerprint density at radius 3 is 3.00 bits per heavy atom. The smallest absolute Gasteiger partial charge is 0.239 e. The molecule has 1 aromatic carbocycles. The predicted molar refractivity (Wildman–Crippen MR) is 87.3 cm³/mol. The average Bonchev–Trinajstić information content (AvgIpc) is 2.50. The molecule has 1 amide bonds. The van der Waals surface area contributed by atoms with E-state index in [1.165, 1.54) is 6.33 Å². The SMILES string of the molecule is COCCCNC(=O)CN(C)c1ncnc2cc(Cl)ccc12. The van der Waals surface area contributed by atoms with Gasteiger partial charge < -0.3 is 15.0 Å². The summed E-state index contributed by atoms with van der Waals surface area (Å²) in [6.07, 6.45) is 2.27. The van der Waals surface area contributed by atoms with E-state index >= 15 is 0 Å². The summed E-state index contributed by atoms with van der Waals surface area (Å²) in [5, 5.41) is 4.33. The molecule has 7 heteroatoms. The first-order chi connectivity index (χ1) is 10.6. The molecule has 0 radical (unpaired) electrons. The van der Waals surface area contributed by atoms with E-state index in [1.54, 1.807) is 24.1 Å². The number of hydrogen-bond acceptors (Lipinski definition) is 5. The Morgan fingerprint density at radius 2 is 2.23 bits per heavy atom. The number of methoxy groups -OCH3 is 1. The molecule has 1 aromatic heterocycles. The summed E-state index contributed by atoms with van der Waals surface area (Å²) in [5.41, 5.74) is 0.754. The van der Waals surface area contributed by atoms with E-state index in [2.05, 4.69) is 15.3 Å². The van der Waals surface area contributed by atoms with Crippen LogP contribution in [0.5, 0.6) is 0 Å². The quantitative estimate of drug-likeness (QED) is 0.788. The van der Waals surface area contributed by atoms with E-state index in [0.717, 1.165) is 17.3 Å². The minimum Gasteiger partial charge on any atom is -0.385 e. The zero-order chi connectivity index (χ0) is 15.9. The number of anilines is 1. The van der Waals surface area contributed by atoms with Crippen LogP contribution in [0.3, 0.4) is 0 Å². The summed E-state index contributed by atoms with van der Waals surface area (Å²) >= 11 is 5.97. The second-order valence-corrected chi connectivity index (χ2v) is 5.35. The number of nitrogens with one attached hydrogen (secondary N) is 1. The monoisotopic (exact) mass is 322 g/mol. The second-order valence-electron chi connectivity index (χ2n) is 4.91. The fraction of sp³-hybridized carbons (Fsp3) is 0.400. The number of likely N-dealkylation sites (N-methyl/N-ethyl adjacent to an activating group) is 1. The van der Waals surface area contributed by atoms with Gasteiger partial charge in [0.15, 0.2) is 0 Å². The third kappa shape index (κ3) is 4.29. The van der Waals surface area contributed by atoms with Crippen molar-refractivity contribution < 1.29 is 9.53 Å². The Labute approximate surface area is 134 Å². The molecule has 0 fully saturated rings. The zero-order valence-corrected chi connectivity index (χ0v) is 13.4. The number of fused-ring (bicyclic) bond motifs is 1. The van der Waals surface area contributed by atoms with Gasteiger partial charge in [-0.05, 0) is 24.6 Å². The van der Waals surface area contributed by atoms with Gasteiger partial charge in [-0.2, -0.15) is 0 Å². The second kappa shape index (κ2) is 7.91. The summed E-state index contributed by atoms with van der Waals surface area (Å²) in [7, 11) is 3.47. The van der Waals surface area contributed by atoms with Crippen molar-refractivity contribution in [1.29, 1.82) is 0 Å². The first kappa shape index (κ1) is 16.5. The predicted octanol–water partition coefficient (Wildman–Crippen LogP) is 1.87. The Morgan fingerprint density at radius 1 is 1.41 bits per heavy atom. The number of ether oxygens (including phenoxy) is 1. The van der Waals surface area contributed by atoms with E-state index in [0.29, 0.717) is 24.0 Å². The minimum atomic E-state index is -0.0562. The van der Waals surface area contributed by atoms with Crippen LogP contribution in [0.25, 0.3) is 10.9 Å². The van der Waals surface area contributed by atoms with Gasteiger partial charge in [0.2, 0.25) is 5.91 Å². The van der Waals surface area contributed by atoms with Gasteiger partial charge in [-0.3, -0.25) is 4.79 Å². The molecule has 1 N–H and O–H groups in total. The Bertz CT molecular complexity index is 650. The van der Waals surface area contributed by atoms with Crippen molar-refractivity contribution >= 4 is 34.2 Å². The van der Waals surface area contributed by atoms with Gasteiger partial charge in [-0.15, -0.1) is 0 Å². The van der Waals surface area contributed by atoms with Crippen molar-refractivity contribution in [3.05, 3.63) is 29.5 Å². The molecule has 0 spiro atoms. The van der Waals surface area contributed by atoms with E-state index in [-0.39, 0.29) is 12.5 Å². The maximum Gasteiger partial charge on any atom is 0.239 e. The fourth-order valence-electron chi connectivity index (χ4n) is 2.11. The van der Waals surface area contributed by atoms with Crippen LogP contribution in [-0.2, 0) is 9.53 Å². The topological polar surface area (TPSA) is 67.3 Å². The standard InChI is InChI=1S/C15H19ClN4O2/c1-20(9-14(21)17-6-3-7-22-2)15-12-5-4-11(16)8-13(12)18-10-19-15/h4-5,8,10H,3,6-7,9H2,1-2H3,(H,17,21). The summed E-state index contributed by atoms with van der Waals surface area (Å²) in [6, 6.07) is 5.43. The van der Waals surface area contributed by atoms with Crippen LogP contribution < -0.4 is 10.2 Å². The molecule has 0 aliphatic rings. The third-order valence-electron chi connectivity index (χ3n) is 3.17. The van der Waals surface area contributed by atoms with Crippen molar-refractivity contribution in [3.8, 4) is 0 Å². The molecular formula is C15H19ClN4O2. The zero-order valence-electron chi connectivity index (χ0n) is 12.7. The molecule has 1 heterocycles. The van der Waals surface area contributed by atoms with Crippen molar-refractivity contribution in [2.75, 3.05) is 38.8 Å². The molecule has 0 aliphatic carbocycles. The number of nitrogens with zero attached hydrogens (tertiary/aromatic N) is 3. The first-order valence-electron chi connectivity index (χ1n) is 6.99. The molecule has 2 rings (SSSR count). The summed E-state index contributed by atoms with van der Waals surface area (Å²) < 4.78 is 4.94. The number of carbonyl (C=O) groups is 1. The molecule has 0 unspecified atom stereocenters. The molecule has 6 nitrogen and oxygen atoms in total. The molecule has 118 valence electrons. The van der Waals surface area contributed by atoms with Gasteiger partial charge in [0, 0.05) is 37.7 Å². The molecule has 0 atom stereocenters. The van der Waals surface area contributed by atoms with Crippen molar-refractivity contribution in [2.24, 2.45) is 0 Å². The fourth-order valence-corrected chi connectivity index (χ4v) is 2.28. The minimum absolute atomic E-state index is 0.0562. The average molecular weight is 323 g/mol. The van der Waals surface area contributed by atoms with Crippen LogP contribution in [0.4, 0.5) is 5.82 Å². The van der Waals surface area contributed by atoms with E-state index in [4.69, 9.17) is 16.3 Å². The molecule has 0 bridgehead atoms. The van der Waals surface area contributed by atoms with Gasteiger partial charge in [0.25, 0.3) is 0 Å². The van der Waals surface area contributed by atoms with Gasteiger partial charge in [0.1, 0.15) is 12.1 Å². The van der Waals surface area contributed by atoms with E-state index in [9.17, 15) is 4.79 Å².